The minimum absolute atomic E-state index is 0.0403. The highest BCUT2D eigenvalue weighted by Gasteiger charge is 2.14. The number of carbonyl (C=O) groups excluding carboxylic acids is 2. The van der Waals surface area contributed by atoms with Gasteiger partial charge in [-0.3, -0.25) is 9.59 Å². The maximum Gasteiger partial charge on any atom is 0.257 e. The van der Waals surface area contributed by atoms with E-state index in [9.17, 15) is 9.59 Å². The van der Waals surface area contributed by atoms with E-state index in [1.807, 2.05) is 55.5 Å². The normalized spacial score (nSPS) is 11.5. The highest BCUT2D eigenvalue weighted by atomic mass is 16.2. The van der Waals surface area contributed by atoms with E-state index >= 15 is 0 Å². The van der Waals surface area contributed by atoms with Crippen molar-refractivity contribution in [2.24, 2.45) is 0 Å². The second-order valence-electron chi connectivity index (χ2n) is 6.87. The van der Waals surface area contributed by atoms with Gasteiger partial charge in [0.2, 0.25) is 5.91 Å². The lowest BCUT2D eigenvalue weighted by atomic mass is 10.0. The van der Waals surface area contributed by atoms with E-state index in [4.69, 9.17) is 0 Å². The predicted molar refractivity (Wildman–Crippen MR) is 117 cm³/mol. The molecular formula is C24H25N3O2. The SMILES string of the molecule is Cc1ccccc1C(C)NCC(=O)Nc1ccccc1C(=O)Nc1ccccc1. The van der Waals surface area contributed by atoms with Crippen LogP contribution in [-0.4, -0.2) is 18.4 Å². The lowest BCUT2D eigenvalue weighted by molar-refractivity contribution is -0.115. The molecule has 0 heterocycles. The molecule has 0 bridgehead atoms. The first-order chi connectivity index (χ1) is 14.0. The Hall–Kier alpha value is -3.44. The Labute approximate surface area is 171 Å². The number of anilines is 2. The molecule has 3 N–H and O–H groups in total. The molecule has 0 saturated heterocycles. The van der Waals surface area contributed by atoms with Crippen molar-refractivity contribution in [2.75, 3.05) is 17.2 Å². The standard InChI is InChI=1S/C24H25N3O2/c1-17-10-6-7-13-20(17)18(2)25-16-23(28)27-22-15-9-8-14-21(22)24(29)26-19-11-4-3-5-12-19/h3-15,18,25H,16H2,1-2H3,(H,26,29)(H,27,28). The fourth-order valence-corrected chi connectivity index (χ4v) is 3.13. The summed E-state index contributed by atoms with van der Waals surface area (Å²) in [6, 6.07) is 24.3. The number of carbonyl (C=O) groups is 2. The molecule has 0 spiro atoms. The van der Waals surface area contributed by atoms with Gasteiger partial charge in [0.1, 0.15) is 0 Å². The summed E-state index contributed by atoms with van der Waals surface area (Å²) < 4.78 is 0. The minimum atomic E-state index is -0.270. The zero-order chi connectivity index (χ0) is 20.6. The van der Waals surface area contributed by atoms with E-state index in [0.29, 0.717) is 16.9 Å². The largest absolute Gasteiger partial charge is 0.324 e. The van der Waals surface area contributed by atoms with E-state index in [0.717, 1.165) is 5.56 Å². The first-order valence-corrected chi connectivity index (χ1v) is 9.59. The highest BCUT2D eigenvalue weighted by molar-refractivity contribution is 6.10. The van der Waals surface area contributed by atoms with Gasteiger partial charge < -0.3 is 16.0 Å². The topological polar surface area (TPSA) is 70.2 Å². The molecule has 0 aliphatic carbocycles. The summed E-state index contributed by atoms with van der Waals surface area (Å²) in [4.78, 5) is 25.1. The van der Waals surface area contributed by atoms with Crippen LogP contribution in [-0.2, 0) is 4.79 Å². The monoisotopic (exact) mass is 387 g/mol. The van der Waals surface area contributed by atoms with E-state index in [1.165, 1.54) is 5.56 Å². The Morgan fingerprint density at radius 2 is 1.48 bits per heavy atom. The van der Waals surface area contributed by atoms with Gasteiger partial charge in [0.15, 0.2) is 0 Å². The Bertz CT molecular complexity index is 986. The lowest BCUT2D eigenvalue weighted by Crippen LogP contribution is -2.31. The first kappa shape index (κ1) is 20.3. The fourth-order valence-electron chi connectivity index (χ4n) is 3.13. The van der Waals surface area contributed by atoms with Crippen molar-refractivity contribution in [2.45, 2.75) is 19.9 Å². The van der Waals surface area contributed by atoms with Crippen LogP contribution in [0, 0.1) is 6.92 Å². The molecule has 148 valence electrons. The molecule has 0 fully saturated rings. The molecule has 3 aromatic rings. The van der Waals surface area contributed by atoms with Crippen LogP contribution in [0.1, 0.15) is 34.5 Å². The molecule has 0 aromatic heterocycles. The quantitative estimate of drug-likeness (QED) is 0.558. The van der Waals surface area contributed by atoms with Crippen LogP contribution < -0.4 is 16.0 Å². The molecule has 0 saturated carbocycles. The van der Waals surface area contributed by atoms with Crippen LogP contribution in [0.25, 0.3) is 0 Å². The Balaban J connectivity index is 1.62. The zero-order valence-corrected chi connectivity index (χ0v) is 16.6. The molecule has 0 aliphatic heterocycles. The highest BCUT2D eigenvalue weighted by Crippen LogP contribution is 2.18. The number of hydrogen-bond acceptors (Lipinski definition) is 3. The molecule has 29 heavy (non-hydrogen) atoms. The fraction of sp³-hybridized carbons (Fsp3) is 0.167. The first-order valence-electron chi connectivity index (χ1n) is 9.59. The van der Waals surface area contributed by atoms with Gasteiger partial charge in [-0.05, 0) is 49.2 Å². The molecule has 3 rings (SSSR count). The third-order valence-corrected chi connectivity index (χ3v) is 4.70. The van der Waals surface area contributed by atoms with Crippen LogP contribution in [0.3, 0.4) is 0 Å². The van der Waals surface area contributed by atoms with Crippen molar-refractivity contribution in [3.8, 4) is 0 Å². The van der Waals surface area contributed by atoms with Crippen molar-refractivity contribution >= 4 is 23.2 Å². The Morgan fingerprint density at radius 3 is 2.24 bits per heavy atom. The number of amides is 2. The van der Waals surface area contributed by atoms with Gasteiger partial charge in [0.25, 0.3) is 5.91 Å². The zero-order valence-electron chi connectivity index (χ0n) is 16.6. The summed E-state index contributed by atoms with van der Waals surface area (Å²) in [7, 11) is 0. The van der Waals surface area contributed by atoms with Gasteiger partial charge >= 0.3 is 0 Å². The number of para-hydroxylation sites is 2. The lowest BCUT2D eigenvalue weighted by Gasteiger charge is -2.17. The van der Waals surface area contributed by atoms with Gasteiger partial charge in [0.05, 0.1) is 17.8 Å². The third kappa shape index (κ3) is 5.53. The summed E-state index contributed by atoms with van der Waals surface area (Å²) in [5, 5.41) is 8.92. The Kier molecular flexibility index (Phi) is 6.76. The van der Waals surface area contributed by atoms with Gasteiger partial charge in [-0.1, -0.05) is 54.6 Å². The molecule has 3 aromatic carbocycles. The molecule has 1 unspecified atom stereocenters. The number of rotatable bonds is 7. The molecule has 5 nitrogen and oxygen atoms in total. The van der Waals surface area contributed by atoms with Crippen molar-refractivity contribution in [1.29, 1.82) is 0 Å². The summed E-state index contributed by atoms with van der Waals surface area (Å²) in [5.41, 5.74) is 3.93. The summed E-state index contributed by atoms with van der Waals surface area (Å²) >= 11 is 0. The minimum Gasteiger partial charge on any atom is -0.324 e. The maximum atomic E-state index is 12.6. The van der Waals surface area contributed by atoms with Crippen molar-refractivity contribution in [3.05, 3.63) is 95.6 Å². The van der Waals surface area contributed by atoms with Gasteiger partial charge in [-0.15, -0.1) is 0 Å². The van der Waals surface area contributed by atoms with Gasteiger partial charge in [-0.2, -0.15) is 0 Å². The molecule has 0 radical (unpaired) electrons. The third-order valence-electron chi connectivity index (χ3n) is 4.70. The second kappa shape index (κ2) is 9.66. The second-order valence-corrected chi connectivity index (χ2v) is 6.87. The van der Waals surface area contributed by atoms with E-state index in [1.54, 1.807) is 24.3 Å². The van der Waals surface area contributed by atoms with Crippen LogP contribution in [0.15, 0.2) is 78.9 Å². The van der Waals surface area contributed by atoms with Gasteiger partial charge in [0, 0.05) is 11.7 Å². The van der Waals surface area contributed by atoms with Crippen LogP contribution >= 0.6 is 0 Å². The summed E-state index contributed by atoms with van der Waals surface area (Å²) in [5.74, 6) is -0.473. The maximum absolute atomic E-state index is 12.6. The molecule has 2 amide bonds. The van der Waals surface area contributed by atoms with E-state index < -0.39 is 0 Å². The molecule has 0 aliphatic rings. The van der Waals surface area contributed by atoms with Crippen molar-refractivity contribution in [1.82, 2.24) is 5.32 Å². The number of nitrogens with one attached hydrogen (secondary N) is 3. The summed E-state index contributed by atoms with van der Waals surface area (Å²) in [6.07, 6.45) is 0. The van der Waals surface area contributed by atoms with Gasteiger partial charge in [-0.25, -0.2) is 0 Å². The Morgan fingerprint density at radius 1 is 0.828 bits per heavy atom. The average molecular weight is 387 g/mol. The van der Waals surface area contributed by atoms with Crippen LogP contribution in [0.4, 0.5) is 11.4 Å². The number of aryl methyl sites for hydroxylation is 1. The molecule has 5 heteroatoms. The number of benzene rings is 3. The average Bonchev–Trinajstić information content (AvgIpc) is 2.73. The summed E-state index contributed by atoms with van der Waals surface area (Å²) in [6.45, 7) is 4.22. The van der Waals surface area contributed by atoms with Crippen molar-refractivity contribution in [3.63, 3.8) is 0 Å². The predicted octanol–water partition coefficient (Wildman–Crippen LogP) is 4.54. The van der Waals surface area contributed by atoms with Crippen LogP contribution in [0.2, 0.25) is 0 Å². The van der Waals surface area contributed by atoms with Crippen molar-refractivity contribution < 1.29 is 9.59 Å². The van der Waals surface area contributed by atoms with Crippen LogP contribution in [0.5, 0.6) is 0 Å². The smallest absolute Gasteiger partial charge is 0.257 e. The van der Waals surface area contributed by atoms with E-state index in [2.05, 4.69) is 28.9 Å². The molecule has 1 atom stereocenters. The molecular weight excluding hydrogens is 362 g/mol. The van der Waals surface area contributed by atoms with E-state index in [-0.39, 0.29) is 24.4 Å². The number of hydrogen-bond donors (Lipinski definition) is 3.